The zero-order valence-electron chi connectivity index (χ0n) is 15.3. The van der Waals surface area contributed by atoms with E-state index in [1.54, 1.807) is 12.1 Å². The van der Waals surface area contributed by atoms with Gasteiger partial charge >= 0.3 is 0 Å². The van der Waals surface area contributed by atoms with Gasteiger partial charge in [0, 0.05) is 5.69 Å². The van der Waals surface area contributed by atoms with Gasteiger partial charge in [-0.1, -0.05) is 12.1 Å². The minimum Gasteiger partial charge on any atom is -0.289 e. The number of aryl methyl sites for hydroxylation is 3. The van der Waals surface area contributed by atoms with Crippen molar-refractivity contribution in [1.82, 2.24) is 30.2 Å². The molecule has 0 saturated carbocycles. The Bertz CT molecular complexity index is 1080. The van der Waals surface area contributed by atoms with Crippen molar-refractivity contribution in [3.63, 3.8) is 0 Å². The molecule has 0 bridgehead atoms. The molecule has 140 valence electrons. The van der Waals surface area contributed by atoms with Crippen LogP contribution in [0.3, 0.4) is 0 Å². The van der Waals surface area contributed by atoms with Gasteiger partial charge < -0.3 is 0 Å². The molecule has 0 fully saturated rings. The second kappa shape index (κ2) is 7.40. The van der Waals surface area contributed by atoms with E-state index in [1.807, 2.05) is 32.9 Å². The fourth-order valence-electron chi connectivity index (χ4n) is 2.79. The van der Waals surface area contributed by atoms with Crippen molar-refractivity contribution < 1.29 is 9.59 Å². The summed E-state index contributed by atoms with van der Waals surface area (Å²) in [5, 5.41) is 4.63. The van der Waals surface area contributed by atoms with Crippen LogP contribution in [0.1, 0.15) is 17.0 Å². The molecule has 0 aliphatic carbocycles. The van der Waals surface area contributed by atoms with E-state index in [-0.39, 0.29) is 18.6 Å². The maximum atomic E-state index is 12.5. The average Bonchev–Trinajstić information content (AvgIpc) is 2.93. The van der Waals surface area contributed by atoms with Crippen LogP contribution in [0.2, 0.25) is 0 Å². The molecular weight excluding hydrogens is 348 g/mol. The SMILES string of the molecule is Cc1cc(C)n(CC(=O)NNC(=O)Cn2cnc3c(C)cccc3c2=O)n1. The van der Waals surface area contributed by atoms with E-state index < -0.39 is 11.8 Å². The highest BCUT2D eigenvalue weighted by molar-refractivity contribution is 5.83. The zero-order valence-corrected chi connectivity index (χ0v) is 15.3. The molecule has 0 unspecified atom stereocenters. The van der Waals surface area contributed by atoms with Crippen LogP contribution in [-0.4, -0.2) is 31.1 Å². The Morgan fingerprint density at radius 1 is 1.07 bits per heavy atom. The summed E-state index contributed by atoms with van der Waals surface area (Å²) in [4.78, 5) is 40.7. The van der Waals surface area contributed by atoms with Crippen LogP contribution in [0.5, 0.6) is 0 Å². The van der Waals surface area contributed by atoms with E-state index in [0.29, 0.717) is 10.9 Å². The number of hydrogen-bond donors (Lipinski definition) is 2. The molecule has 9 heteroatoms. The van der Waals surface area contributed by atoms with Crippen molar-refractivity contribution in [2.75, 3.05) is 0 Å². The summed E-state index contributed by atoms with van der Waals surface area (Å²) in [5.74, 6) is -0.957. The van der Waals surface area contributed by atoms with Crippen LogP contribution in [-0.2, 0) is 22.7 Å². The highest BCUT2D eigenvalue weighted by Gasteiger charge is 2.11. The second-order valence-electron chi connectivity index (χ2n) is 6.33. The van der Waals surface area contributed by atoms with Gasteiger partial charge in [-0.2, -0.15) is 5.10 Å². The molecule has 3 aromatic rings. The highest BCUT2D eigenvalue weighted by Crippen LogP contribution is 2.11. The molecule has 2 aromatic heterocycles. The number of hydrazine groups is 1. The van der Waals surface area contributed by atoms with E-state index in [1.165, 1.54) is 15.6 Å². The van der Waals surface area contributed by atoms with Gasteiger partial charge in [-0.05, 0) is 38.5 Å². The maximum Gasteiger partial charge on any atom is 0.261 e. The summed E-state index contributed by atoms with van der Waals surface area (Å²) < 4.78 is 2.74. The lowest BCUT2D eigenvalue weighted by molar-refractivity contribution is -0.129. The Labute approximate surface area is 155 Å². The van der Waals surface area contributed by atoms with Gasteiger partial charge in [0.05, 0.1) is 22.9 Å². The third kappa shape index (κ3) is 4.02. The lowest BCUT2D eigenvalue weighted by Gasteiger charge is -2.10. The van der Waals surface area contributed by atoms with Crippen molar-refractivity contribution in [1.29, 1.82) is 0 Å². The first-order valence-electron chi connectivity index (χ1n) is 8.38. The lowest BCUT2D eigenvalue weighted by atomic mass is 10.1. The largest absolute Gasteiger partial charge is 0.289 e. The normalized spacial score (nSPS) is 10.8. The number of rotatable bonds is 4. The number of nitrogens with one attached hydrogen (secondary N) is 2. The van der Waals surface area contributed by atoms with Crippen LogP contribution in [0, 0.1) is 20.8 Å². The van der Waals surface area contributed by atoms with E-state index in [2.05, 4.69) is 20.9 Å². The molecule has 0 spiro atoms. The monoisotopic (exact) mass is 368 g/mol. The van der Waals surface area contributed by atoms with E-state index in [0.717, 1.165) is 17.0 Å². The lowest BCUT2D eigenvalue weighted by Crippen LogP contribution is -2.45. The molecule has 2 amide bonds. The summed E-state index contributed by atoms with van der Waals surface area (Å²) in [6.45, 7) is 5.27. The smallest absolute Gasteiger partial charge is 0.261 e. The Hall–Kier alpha value is -3.49. The van der Waals surface area contributed by atoms with Crippen LogP contribution in [0.15, 0.2) is 35.4 Å². The van der Waals surface area contributed by atoms with Gasteiger partial charge in [-0.3, -0.25) is 34.5 Å². The standard InChI is InChI=1S/C18H20N6O3/c1-11-5-4-6-14-17(11)19-10-23(18(14)27)8-15(25)20-21-16(26)9-24-13(3)7-12(2)22-24/h4-7,10H,8-9H2,1-3H3,(H,20,25)(H,21,26). The third-order valence-corrected chi connectivity index (χ3v) is 4.11. The zero-order chi connectivity index (χ0) is 19.6. The van der Waals surface area contributed by atoms with Crippen molar-refractivity contribution in [2.45, 2.75) is 33.9 Å². The van der Waals surface area contributed by atoms with E-state index in [4.69, 9.17) is 0 Å². The van der Waals surface area contributed by atoms with Gasteiger partial charge in [-0.25, -0.2) is 4.98 Å². The molecule has 0 aliphatic rings. The van der Waals surface area contributed by atoms with Gasteiger partial charge in [0.1, 0.15) is 13.1 Å². The van der Waals surface area contributed by atoms with Crippen LogP contribution in [0.25, 0.3) is 10.9 Å². The molecule has 0 aliphatic heterocycles. The van der Waals surface area contributed by atoms with Gasteiger partial charge in [-0.15, -0.1) is 0 Å². The van der Waals surface area contributed by atoms with Crippen LogP contribution < -0.4 is 16.4 Å². The molecular formula is C18H20N6O3. The maximum absolute atomic E-state index is 12.5. The summed E-state index contributed by atoms with van der Waals surface area (Å²) in [7, 11) is 0. The number of nitrogens with zero attached hydrogens (tertiary/aromatic N) is 4. The summed E-state index contributed by atoms with van der Waals surface area (Å²) >= 11 is 0. The van der Waals surface area contributed by atoms with E-state index >= 15 is 0 Å². The predicted molar refractivity (Wildman–Crippen MR) is 98.7 cm³/mol. The van der Waals surface area contributed by atoms with Gasteiger partial charge in [0.15, 0.2) is 0 Å². The van der Waals surface area contributed by atoms with Crippen molar-refractivity contribution >= 4 is 22.7 Å². The minimum absolute atomic E-state index is 0.0172. The molecule has 0 atom stereocenters. The summed E-state index contributed by atoms with van der Waals surface area (Å²) in [6, 6.07) is 7.16. The Morgan fingerprint density at radius 2 is 1.78 bits per heavy atom. The Balaban J connectivity index is 1.62. The minimum atomic E-state index is -0.535. The molecule has 0 radical (unpaired) electrons. The molecule has 9 nitrogen and oxygen atoms in total. The predicted octanol–water partition coefficient (Wildman–Crippen LogP) is 0.366. The quantitative estimate of drug-likeness (QED) is 0.646. The fraction of sp³-hybridized carbons (Fsp3) is 0.278. The van der Waals surface area contributed by atoms with E-state index in [9.17, 15) is 14.4 Å². The molecule has 2 N–H and O–H groups in total. The number of benzene rings is 1. The fourth-order valence-corrected chi connectivity index (χ4v) is 2.79. The summed E-state index contributed by atoms with van der Waals surface area (Å²) in [5.41, 5.74) is 7.45. The molecule has 3 rings (SSSR count). The number of para-hydroxylation sites is 1. The highest BCUT2D eigenvalue weighted by atomic mass is 16.2. The third-order valence-electron chi connectivity index (χ3n) is 4.11. The average molecular weight is 368 g/mol. The van der Waals surface area contributed by atoms with Crippen LogP contribution >= 0.6 is 0 Å². The second-order valence-corrected chi connectivity index (χ2v) is 6.33. The number of carbonyl (C=O) groups is 2. The molecule has 2 heterocycles. The number of amides is 2. The first-order valence-corrected chi connectivity index (χ1v) is 8.38. The molecule has 27 heavy (non-hydrogen) atoms. The number of hydrogen-bond acceptors (Lipinski definition) is 5. The number of aromatic nitrogens is 4. The van der Waals surface area contributed by atoms with Gasteiger partial charge in [0.2, 0.25) is 0 Å². The van der Waals surface area contributed by atoms with Crippen LogP contribution in [0.4, 0.5) is 0 Å². The number of carbonyl (C=O) groups excluding carboxylic acids is 2. The topological polar surface area (TPSA) is 111 Å². The van der Waals surface area contributed by atoms with Crippen molar-refractivity contribution in [2.24, 2.45) is 0 Å². The molecule has 0 saturated heterocycles. The van der Waals surface area contributed by atoms with Crippen molar-refractivity contribution in [3.05, 3.63) is 57.9 Å². The Kier molecular flexibility index (Phi) is 5.02. The van der Waals surface area contributed by atoms with Crippen molar-refractivity contribution in [3.8, 4) is 0 Å². The Morgan fingerprint density at radius 3 is 2.44 bits per heavy atom. The first-order chi connectivity index (χ1) is 12.8. The van der Waals surface area contributed by atoms with Gasteiger partial charge in [0.25, 0.3) is 17.4 Å². The summed E-state index contributed by atoms with van der Waals surface area (Å²) in [6.07, 6.45) is 1.33. The first kappa shape index (κ1) is 18.3. The molecule has 1 aromatic carbocycles. The number of fused-ring (bicyclic) bond motifs is 1.